The topological polar surface area (TPSA) is 66.9 Å². The molecule has 0 radical (unpaired) electrons. The highest BCUT2D eigenvalue weighted by Gasteiger charge is 2.34. The third-order valence-corrected chi connectivity index (χ3v) is 3.67. The predicted molar refractivity (Wildman–Crippen MR) is 93.7 cm³/mol. The lowest BCUT2D eigenvalue weighted by atomic mass is 10.1. The molecule has 0 saturated heterocycles. The number of amides is 1. The van der Waals surface area contributed by atoms with Gasteiger partial charge < -0.3 is 10.6 Å². The summed E-state index contributed by atoms with van der Waals surface area (Å²) in [6.45, 7) is 4.12. The van der Waals surface area contributed by atoms with Crippen molar-refractivity contribution in [3.05, 3.63) is 46.2 Å². The maximum atomic E-state index is 13.2. The molecule has 140 valence electrons. The molecule has 0 aliphatic heterocycles. The first-order valence-corrected chi connectivity index (χ1v) is 8.36. The zero-order valence-corrected chi connectivity index (χ0v) is 15.0. The van der Waals surface area contributed by atoms with Crippen LogP contribution in [-0.2, 0) is 6.18 Å². The van der Waals surface area contributed by atoms with E-state index < -0.39 is 17.6 Å². The van der Waals surface area contributed by atoms with Crippen LogP contribution in [0.4, 0.5) is 24.8 Å². The van der Waals surface area contributed by atoms with Crippen LogP contribution in [0.2, 0.25) is 5.02 Å². The van der Waals surface area contributed by atoms with Crippen LogP contribution in [0.1, 0.15) is 41.5 Å². The van der Waals surface area contributed by atoms with E-state index in [2.05, 4.69) is 20.6 Å². The van der Waals surface area contributed by atoms with Gasteiger partial charge >= 0.3 is 6.18 Å². The molecule has 0 aliphatic carbocycles. The van der Waals surface area contributed by atoms with Crippen molar-refractivity contribution in [3.63, 3.8) is 0 Å². The normalized spacial score (nSPS) is 11.3. The second-order valence-corrected chi connectivity index (χ2v) is 6.08. The monoisotopic (exact) mass is 386 g/mol. The lowest BCUT2D eigenvalue weighted by Gasteiger charge is -2.14. The zero-order valence-electron chi connectivity index (χ0n) is 14.2. The van der Waals surface area contributed by atoms with Crippen LogP contribution < -0.4 is 10.6 Å². The van der Waals surface area contributed by atoms with Crippen LogP contribution in [0, 0.1) is 6.92 Å². The van der Waals surface area contributed by atoms with Crippen molar-refractivity contribution in [1.29, 1.82) is 0 Å². The van der Waals surface area contributed by atoms with Gasteiger partial charge in [-0.05, 0) is 37.6 Å². The number of anilines is 2. The fourth-order valence-electron chi connectivity index (χ4n) is 2.19. The predicted octanol–water partition coefficient (Wildman–Crippen LogP) is 4.73. The molecule has 2 aromatic rings. The number of halogens is 4. The molecule has 0 spiro atoms. The maximum Gasteiger partial charge on any atom is 0.418 e. The molecule has 2 rings (SSSR count). The number of rotatable bonds is 6. The van der Waals surface area contributed by atoms with Crippen LogP contribution in [0.25, 0.3) is 0 Å². The summed E-state index contributed by atoms with van der Waals surface area (Å²) >= 11 is 5.67. The SMILES string of the molecule is CCCCNC(=O)c1cc(C)nc(Nc2ccc(Cl)cc2C(F)(F)F)n1. The Morgan fingerprint density at radius 3 is 2.62 bits per heavy atom. The molecule has 2 N–H and O–H groups in total. The summed E-state index contributed by atoms with van der Waals surface area (Å²) < 4.78 is 39.6. The summed E-state index contributed by atoms with van der Waals surface area (Å²) in [5.41, 5.74) is -0.654. The number of aryl methyl sites for hydroxylation is 1. The van der Waals surface area contributed by atoms with E-state index >= 15 is 0 Å². The van der Waals surface area contributed by atoms with E-state index in [1.807, 2.05) is 6.92 Å². The minimum absolute atomic E-state index is 0.0379. The first-order chi connectivity index (χ1) is 12.2. The Kier molecular flexibility index (Phi) is 6.42. The van der Waals surface area contributed by atoms with Crippen LogP contribution in [0.3, 0.4) is 0 Å². The average molecular weight is 387 g/mol. The molecule has 1 aromatic carbocycles. The van der Waals surface area contributed by atoms with Gasteiger partial charge in [-0.2, -0.15) is 13.2 Å². The summed E-state index contributed by atoms with van der Waals surface area (Å²) in [4.78, 5) is 20.2. The molecule has 0 saturated carbocycles. The highest BCUT2D eigenvalue weighted by atomic mass is 35.5. The third-order valence-electron chi connectivity index (χ3n) is 3.44. The highest BCUT2D eigenvalue weighted by molar-refractivity contribution is 6.30. The number of unbranched alkanes of at least 4 members (excludes halogenated alkanes) is 1. The molecular weight excluding hydrogens is 369 g/mol. The molecule has 0 bridgehead atoms. The highest BCUT2D eigenvalue weighted by Crippen LogP contribution is 2.37. The molecule has 1 aromatic heterocycles. The van der Waals surface area contributed by atoms with Gasteiger partial charge in [0.15, 0.2) is 0 Å². The van der Waals surface area contributed by atoms with Crippen molar-refractivity contribution in [2.24, 2.45) is 0 Å². The van der Waals surface area contributed by atoms with E-state index in [1.54, 1.807) is 6.92 Å². The van der Waals surface area contributed by atoms with E-state index in [4.69, 9.17) is 11.6 Å². The minimum Gasteiger partial charge on any atom is -0.351 e. The molecule has 0 unspecified atom stereocenters. The van der Waals surface area contributed by atoms with Gasteiger partial charge in [0.05, 0.1) is 11.3 Å². The van der Waals surface area contributed by atoms with E-state index in [1.165, 1.54) is 18.2 Å². The van der Waals surface area contributed by atoms with Crippen molar-refractivity contribution >= 4 is 29.1 Å². The maximum absolute atomic E-state index is 13.2. The first-order valence-electron chi connectivity index (χ1n) is 7.98. The van der Waals surface area contributed by atoms with Gasteiger partial charge in [0.2, 0.25) is 5.95 Å². The van der Waals surface area contributed by atoms with Crippen molar-refractivity contribution in [2.45, 2.75) is 32.9 Å². The number of hydrogen-bond acceptors (Lipinski definition) is 4. The van der Waals surface area contributed by atoms with Gasteiger partial charge in [-0.15, -0.1) is 0 Å². The fraction of sp³-hybridized carbons (Fsp3) is 0.353. The van der Waals surface area contributed by atoms with Gasteiger partial charge in [-0.1, -0.05) is 24.9 Å². The minimum atomic E-state index is -4.60. The van der Waals surface area contributed by atoms with Gasteiger partial charge in [0.25, 0.3) is 5.91 Å². The van der Waals surface area contributed by atoms with E-state index in [0.717, 1.165) is 18.9 Å². The summed E-state index contributed by atoms with van der Waals surface area (Å²) in [6.07, 6.45) is -2.86. The van der Waals surface area contributed by atoms with Gasteiger partial charge in [-0.3, -0.25) is 4.79 Å². The number of carbonyl (C=O) groups is 1. The van der Waals surface area contributed by atoms with Gasteiger partial charge in [-0.25, -0.2) is 9.97 Å². The number of hydrogen-bond donors (Lipinski definition) is 2. The summed E-state index contributed by atoms with van der Waals surface area (Å²) in [7, 11) is 0. The van der Waals surface area contributed by atoms with E-state index in [9.17, 15) is 18.0 Å². The van der Waals surface area contributed by atoms with Crippen molar-refractivity contribution in [2.75, 3.05) is 11.9 Å². The number of aromatic nitrogens is 2. The van der Waals surface area contributed by atoms with E-state index in [0.29, 0.717) is 12.2 Å². The molecular formula is C17H18ClF3N4O. The summed E-state index contributed by atoms with van der Waals surface area (Å²) in [5.74, 6) is -0.502. The Morgan fingerprint density at radius 1 is 1.23 bits per heavy atom. The molecule has 1 amide bonds. The Bertz CT molecular complexity index is 796. The first kappa shape index (κ1) is 20.0. The van der Waals surface area contributed by atoms with Crippen LogP contribution >= 0.6 is 11.6 Å². The Hall–Kier alpha value is -2.35. The smallest absolute Gasteiger partial charge is 0.351 e. The van der Waals surface area contributed by atoms with Crippen LogP contribution in [-0.4, -0.2) is 22.4 Å². The van der Waals surface area contributed by atoms with Crippen molar-refractivity contribution < 1.29 is 18.0 Å². The number of carbonyl (C=O) groups excluding carboxylic acids is 1. The zero-order chi connectivity index (χ0) is 19.3. The van der Waals surface area contributed by atoms with Crippen LogP contribution in [0.15, 0.2) is 24.3 Å². The lowest BCUT2D eigenvalue weighted by Crippen LogP contribution is -2.25. The lowest BCUT2D eigenvalue weighted by molar-refractivity contribution is -0.136. The van der Waals surface area contributed by atoms with Crippen molar-refractivity contribution in [1.82, 2.24) is 15.3 Å². The van der Waals surface area contributed by atoms with Crippen molar-refractivity contribution in [3.8, 4) is 0 Å². The van der Waals surface area contributed by atoms with Gasteiger partial charge in [0, 0.05) is 17.3 Å². The molecule has 1 heterocycles. The quantitative estimate of drug-likeness (QED) is 0.704. The molecule has 26 heavy (non-hydrogen) atoms. The van der Waals surface area contributed by atoms with Crippen LogP contribution in [0.5, 0.6) is 0 Å². The number of alkyl halides is 3. The third kappa shape index (κ3) is 5.32. The molecule has 0 aliphatic rings. The Balaban J connectivity index is 2.29. The molecule has 0 atom stereocenters. The number of benzene rings is 1. The second kappa shape index (κ2) is 8.35. The Morgan fingerprint density at radius 2 is 1.96 bits per heavy atom. The molecule has 9 heteroatoms. The summed E-state index contributed by atoms with van der Waals surface area (Å²) in [5, 5.41) is 5.20. The largest absolute Gasteiger partial charge is 0.418 e. The van der Waals surface area contributed by atoms with Gasteiger partial charge in [0.1, 0.15) is 5.69 Å². The molecule has 5 nitrogen and oxygen atoms in total. The number of nitrogens with one attached hydrogen (secondary N) is 2. The average Bonchev–Trinajstić information content (AvgIpc) is 2.55. The standard InChI is InChI=1S/C17H18ClF3N4O/c1-3-4-7-22-15(26)14-8-10(2)23-16(25-14)24-13-6-5-11(18)9-12(13)17(19,20)21/h5-6,8-9H,3-4,7H2,1-2H3,(H,22,26)(H,23,24,25). The second-order valence-electron chi connectivity index (χ2n) is 5.64. The Labute approximate surface area is 154 Å². The van der Waals surface area contributed by atoms with E-state index in [-0.39, 0.29) is 22.4 Å². The molecule has 0 fully saturated rings. The summed E-state index contributed by atoms with van der Waals surface area (Å²) in [6, 6.07) is 4.81. The fourth-order valence-corrected chi connectivity index (χ4v) is 2.36. The number of nitrogens with zero attached hydrogens (tertiary/aromatic N) is 2.